The molecule has 1 saturated heterocycles. The fourth-order valence-electron chi connectivity index (χ4n) is 4.92. The van der Waals surface area contributed by atoms with Crippen LogP contribution in [0.1, 0.15) is 42.5 Å². The molecule has 3 aromatic rings. The number of nitrogens with zero attached hydrogens (tertiary/aromatic N) is 1. The second-order valence-corrected chi connectivity index (χ2v) is 11.9. The summed E-state index contributed by atoms with van der Waals surface area (Å²) in [7, 11) is 0. The van der Waals surface area contributed by atoms with Gasteiger partial charge in [-0.3, -0.25) is 14.4 Å². The van der Waals surface area contributed by atoms with Gasteiger partial charge < -0.3 is 36.2 Å². The van der Waals surface area contributed by atoms with Gasteiger partial charge in [-0.25, -0.2) is 13.6 Å². The number of carbonyl (C=O) groups is 4. The fourth-order valence-corrected chi connectivity index (χ4v) is 6.22. The molecule has 0 unspecified atom stereocenters. The number of halogens is 2. The lowest BCUT2D eigenvalue weighted by atomic mass is 9.92. The zero-order valence-electron chi connectivity index (χ0n) is 26.3. The van der Waals surface area contributed by atoms with Crippen molar-refractivity contribution < 1.29 is 44.3 Å². The molecule has 4 atom stereocenters. The molecule has 11 nitrogen and oxygen atoms in total. The highest BCUT2D eigenvalue weighted by Gasteiger charge is 2.49. The van der Waals surface area contributed by atoms with Crippen LogP contribution in [0.2, 0.25) is 1.41 Å². The summed E-state index contributed by atoms with van der Waals surface area (Å²) in [5.41, 5.74) is 7.11. The van der Waals surface area contributed by atoms with Gasteiger partial charge in [0.15, 0.2) is 8.02 Å². The highest BCUT2D eigenvalue weighted by molar-refractivity contribution is 8.00. The largest absolute Gasteiger partial charge is 0.484 e. The minimum atomic E-state index is -1.23. The van der Waals surface area contributed by atoms with E-state index in [4.69, 9.17) is 11.9 Å². The van der Waals surface area contributed by atoms with Crippen molar-refractivity contribution in [2.45, 2.75) is 42.7 Å². The molecule has 47 heavy (non-hydrogen) atoms. The van der Waals surface area contributed by atoms with Crippen molar-refractivity contribution in [2.75, 3.05) is 30.3 Å². The van der Waals surface area contributed by atoms with Gasteiger partial charge in [-0.15, -0.1) is 11.8 Å². The van der Waals surface area contributed by atoms with Crippen molar-refractivity contribution in [3.05, 3.63) is 95.6 Å². The van der Waals surface area contributed by atoms with Crippen LogP contribution in [0.15, 0.2) is 72.8 Å². The normalized spacial score (nSPS) is 17.2. The van der Waals surface area contributed by atoms with E-state index >= 15 is 0 Å². The van der Waals surface area contributed by atoms with E-state index in [-0.39, 0.29) is 23.8 Å². The van der Waals surface area contributed by atoms with Gasteiger partial charge in [0.2, 0.25) is 11.8 Å². The second-order valence-electron chi connectivity index (χ2n) is 10.8. The maximum atomic E-state index is 13.6. The number of unbranched alkanes of at least 4 members (excludes halogenated alkanes) is 1. The van der Waals surface area contributed by atoms with Gasteiger partial charge >= 0.3 is 5.97 Å². The molecule has 1 fully saturated rings. The summed E-state index contributed by atoms with van der Waals surface area (Å²) in [6, 6.07) is 15.8. The first kappa shape index (κ1) is 33.8. The van der Waals surface area contributed by atoms with Crippen molar-refractivity contribution in [3.63, 3.8) is 0 Å². The summed E-state index contributed by atoms with van der Waals surface area (Å²) in [4.78, 5) is 50.9. The average molecular weight is 672 g/mol. The van der Waals surface area contributed by atoms with Crippen LogP contribution in [0.3, 0.4) is 0 Å². The van der Waals surface area contributed by atoms with Crippen LogP contribution in [0, 0.1) is 11.6 Å². The average Bonchev–Trinajstić information content (AvgIpc) is 3.07. The number of carbonyl (C=O) groups excluding carboxylic acids is 3. The number of benzene rings is 3. The first-order chi connectivity index (χ1) is 23.0. The zero-order valence-corrected chi connectivity index (χ0v) is 26.1. The molecule has 0 saturated carbocycles. The number of aliphatic hydroxyl groups is 1. The molecule has 1 aliphatic rings. The van der Waals surface area contributed by atoms with Crippen molar-refractivity contribution in [3.8, 4) is 5.75 Å². The van der Waals surface area contributed by atoms with Crippen LogP contribution in [0.5, 0.6) is 5.75 Å². The molecule has 3 aromatic carbocycles. The molecule has 14 heteroatoms. The number of carboxylic acids is 1. The van der Waals surface area contributed by atoms with Crippen molar-refractivity contribution in [1.29, 1.82) is 0 Å². The number of aliphatic carboxylic acids is 1. The second kappa shape index (κ2) is 16.9. The number of nitrogens with two attached hydrogens (primary N) is 1. The Kier molecular flexibility index (Phi) is 12.1. The minimum absolute atomic E-state index is 0.159. The number of anilines is 1. The smallest absolute Gasteiger partial charge is 0.326 e. The van der Waals surface area contributed by atoms with E-state index in [0.29, 0.717) is 41.5 Å². The van der Waals surface area contributed by atoms with Gasteiger partial charge in [-0.2, -0.15) is 0 Å². The molecule has 250 valence electrons. The topological polar surface area (TPSA) is 171 Å². The van der Waals surface area contributed by atoms with Crippen molar-refractivity contribution in [2.24, 2.45) is 5.73 Å². The Labute approximate surface area is 275 Å². The molecule has 0 aliphatic carbocycles. The molecule has 4 rings (SSSR count). The molecular formula is C33H36F2N4O7S. The van der Waals surface area contributed by atoms with Gasteiger partial charge in [-0.05, 0) is 85.5 Å². The molecule has 1 aliphatic heterocycles. The maximum Gasteiger partial charge on any atom is 0.326 e. The Morgan fingerprint density at radius 1 is 0.979 bits per heavy atom. The van der Waals surface area contributed by atoms with E-state index in [2.05, 4.69) is 5.32 Å². The predicted octanol–water partition coefficient (Wildman–Crippen LogP) is 3.08. The molecular weight excluding hydrogens is 634 g/mol. The lowest BCUT2D eigenvalue weighted by molar-refractivity contribution is -0.142. The summed E-state index contributed by atoms with van der Waals surface area (Å²) in [6.45, 7) is -0.874. The van der Waals surface area contributed by atoms with Crippen LogP contribution in [0.25, 0.3) is 0 Å². The number of ether oxygens (including phenoxy) is 1. The van der Waals surface area contributed by atoms with E-state index in [0.717, 1.165) is 0 Å². The highest BCUT2D eigenvalue weighted by Crippen LogP contribution is 2.46. The number of β-lactam (4-membered cyclic amide) rings is 1. The quantitative estimate of drug-likeness (QED) is 0.107. The molecule has 0 aromatic heterocycles. The lowest BCUT2D eigenvalue weighted by Crippen LogP contribution is -2.57. The Bertz CT molecular complexity index is 1570. The van der Waals surface area contributed by atoms with Gasteiger partial charge in [0.25, 0.3) is 5.91 Å². The number of hydrogen-bond acceptors (Lipinski definition) is 8. The minimum Gasteiger partial charge on any atom is -0.484 e. The Morgan fingerprint density at radius 3 is 2.23 bits per heavy atom. The van der Waals surface area contributed by atoms with Crippen molar-refractivity contribution >= 4 is 41.1 Å². The molecule has 0 radical (unpaired) electrons. The number of carboxylic acid groups (broad SMARTS) is 1. The van der Waals surface area contributed by atoms with E-state index in [9.17, 15) is 38.2 Å². The molecule has 1 heterocycles. The lowest BCUT2D eigenvalue weighted by Gasteiger charge is -2.47. The maximum absolute atomic E-state index is 13.6. The number of hydrogen-bond donors (Lipinski definition) is 5. The summed E-state index contributed by atoms with van der Waals surface area (Å²) in [5, 5.41) is 22.0. The fraction of sp³-hybridized carbons (Fsp3) is 0.333. The van der Waals surface area contributed by atoms with Gasteiger partial charge in [0.1, 0.15) is 28.7 Å². The van der Waals surface area contributed by atoms with Gasteiger partial charge in [0.05, 0.1) is 18.7 Å². The summed E-state index contributed by atoms with van der Waals surface area (Å²) in [6.07, 6.45) is 0.303. The summed E-state index contributed by atoms with van der Waals surface area (Å²) in [5.74, 6) is -3.57. The number of aliphatic hydroxyl groups excluding tert-OH is 1. The standard InChI is InChI=1S/C33H36F2N4O7S/c34-22-8-4-20(5-9-22)27(40)19-47-31-30(39(32(31)43)24-12-10-23(35)11-13-24)21-6-14-25(15-7-21)46-18-29(42)37-17-28(41)38-26(33(44)45)3-1-2-16-36/h4-15,26-27,30-31,40H,1-3,16-19,36H2,(H,37,42)(H,38,41)(H,44,45)/t26-,27+,30+,31+/m0/s1/i/hD. The number of rotatable bonds is 17. The first-order valence-corrected chi connectivity index (χ1v) is 15.9. The van der Waals surface area contributed by atoms with Crippen LogP contribution in [-0.2, 0) is 19.2 Å². The first-order valence-electron chi connectivity index (χ1n) is 15.3. The third-order valence-corrected chi connectivity index (χ3v) is 8.73. The summed E-state index contributed by atoms with van der Waals surface area (Å²) < 4.78 is 40.3. The zero-order chi connectivity index (χ0) is 34.8. The van der Waals surface area contributed by atoms with Crippen LogP contribution < -0.4 is 26.0 Å². The van der Waals surface area contributed by atoms with Crippen molar-refractivity contribution in [1.82, 2.24) is 10.6 Å². The number of amides is 3. The van der Waals surface area contributed by atoms with Crippen LogP contribution in [0.4, 0.5) is 14.5 Å². The van der Waals surface area contributed by atoms with E-state index in [1.54, 1.807) is 24.3 Å². The Morgan fingerprint density at radius 2 is 1.62 bits per heavy atom. The third-order valence-electron chi connectivity index (χ3n) is 7.40. The van der Waals surface area contributed by atoms with Crippen LogP contribution >= 0.6 is 11.8 Å². The Balaban J connectivity index is 1.36. The molecule has 0 spiro atoms. The van der Waals surface area contributed by atoms with Gasteiger partial charge in [-0.1, -0.05) is 24.3 Å². The van der Waals surface area contributed by atoms with Gasteiger partial charge in [0, 0.05) is 11.4 Å². The number of nitrogens with one attached hydrogen (secondary N) is 2. The monoisotopic (exact) mass is 671 g/mol. The molecule has 6 N–H and O–H groups in total. The molecule has 3 amide bonds. The third kappa shape index (κ3) is 9.73. The molecule has 0 bridgehead atoms. The van der Waals surface area contributed by atoms with E-state index in [1.165, 1.54) is 65.2 Å². The summed E-state index contributed by atoms with van der Waals surface area (Å²) >= 11 is 1.24. The highest BCUT2D eigenvalue weighted by atomic mass is 32.2. The van der Waals surface area contributed by atoms with Crippen LogP contribution in [-0.4, -0.2) is 70.6 Å². The SMILES string of the molecule is [2H]N(CC(=O)N[C@@H](CCCCN)C(=O)O)C(=O)COc1ccc([C@@H]2[C@@H](SC[C@@H](O)c3ccc(F)cc3)C(=O)N2c2ccc(F)cc2)cc1. The Hall–Kier alpha value is -4.53. The predicted molar refractivity (Wildman–Crippen MR) is 172 cm³/mol. The van der Waals surface area contributed by atoms with E-state index < -0.39 is 66.0 Å². The van der Waals surface area contributed by atoms with E-state index in [1.807, 2.05) is 0 Å². The number of thioether (sulfide) groups is 1.